The van der Waals surface area contributed by atoms with Gasteiger partial charge in [0.05, 0.1) is 17.1 Å². The van der Waals surface area contributed by atoms with Crippen molar-refractivity contribution in [1.29, 1.82) is 0 Å². The summed E-state index contributed by atoms with van der Waals surface area (Å²) < 4.78 is 36.6. The average molecular weight is 364 g/mol. The molecule has 0 heterocycles. The molecule has 0 bridgehead atoms. The molecule has 8 heteroatoms. The number of carbonyl (C=O) groups is 2. The molecule has 0 aliphatic rings. The van der Waals surface area contributed by atoms with Gasteiger partial charge in [0.15, 0.2) is 0 Å². The van der Waals surface area contributed by atoms with Crippen LogP contribution in [0.25, 0.3) is 0 Å². The van der Waals surface area contributed by atoms with Crippen LogP contribution in [-0.2, 0) is 19.6 Å². The first-order valence-corrected chi connectivity index (χ1v) is 8.75. The number of carboxylic acid groups (broad SMARTS) is 1. The fourth-order valence-electron chi connectivity index (χ4n) is 2.39. The highest BCUT2D eigenvalue weighted by Crippen LogP contribution is 2.27. The lowest BCUT2D eigenvalue weighted by atomic mass is 9.90. The minimum Gasteiger partial charge on any atom is -0.481 e. The van der Waals surface area contributed by atoms with Gasteiger partial charge in [0.2, 0.25) is 0 Å². The monoisotopic (exact) mass is 364 g/mol. The van der Waals surface area contributed by atoms with Crippen molar-refractivity contribution in [3.8, 4) is 0 Å². The fraction of sp³-hybridized carbons (Fsp3) is 0.176. The Morgan fingerprint density at radius 2 is 1.68 bits per heavy atom. The maximum atomic E-state index is 11.8. The largest absolute Gasteiger partial charge is 0.481 e. The van der Waals surface area contributed by atoms with Crippen LogP contribution in [0.1, 0.15) is 34.3 Å². The van der Waals surface area contributed by atoms with Crippen LogP contribution in [0.15, 0.2) is 53.4 Å². The van der Waals surface area contributed by atoms with Gasteiger partial charge in [-0.2, -0.15) is 8.42 Å². The molecule has 25 heavy (non-hydrogen) atoms. The van der Waals surface area contributed by atoms with Crippen LogP contribution in [0.2, 0.25) is 0 Å². The van der Waals surface area contributed by atoms with Gasteiger partial charge in [-0.3, -0.25) is 9.35 Å². The highest BCUT2D eigenvalue weighted by Gasteiger charge is 2.24. The molecule has 0 amide bonds. The number of benzene rings is 2. The first-order chi connectivity index (χ1) is 11.7. The van der Waals surface area contributed by atoms with Crippen molar-refractivity contribution >= 4 is 22.1 Å². The highest BCUT2D eigenvalue weighted by atomic mass is 32.2. The molecule has 7 nitrogen and oxygen atoms in total. The van der Waals surface area contributed by atoms with Gasteiger partial charge < -0.3 is 9.84 Å². The topological polar surface area (TPSA) is 118 Å². The van der Waals surface area contributed by atoms with Gasteiger partial charge >= 0.3 is 11.9 Å². The summed E-state index contributed by atoms with van der Waals surface area (Å²) in [5, 5.41) is 9.58. The van der Waals surface area contributed by atoms with E-state index in [1.807, 2.05) is 0 Å². The molecular formula is C17H16O7S. The van der Waals surface area contributed by atoms with Crippen LogP contribution < -0.4 is 0 Å². The molecule has 0 aromatic heterocycles. The summed E-state index contributed by atoms with van der Waals surface area (Å²) in [6, 6.07) is 10.9. The normalized spacial score (nSPS) is 12.4. The minimum absolute atomic E-state index is 0.156. The first kappa shape index (κ1) is 18.6. The quantitative estimate of drug-likeness (QED) is 0.596. The third-order valence-electron chi connectivity index (χ3n) is 3.47. The molecule has 2 N–H and O–H groups in total. The van der Waals surface area contributed by atoms with E-state index in [-0.39, 0.29) is 23.3 Å². The lowest BCUT2D eigenvalue weighted by Gasteiger charge is -2.15. The zero-order chi connectivity index (χ0) is 18.6. The molecule has 2 rings (SSSR count). The predicted molar refractivity (Wildman–Crippen MR) is 88.1 cm³/mol. The zero-order valence-corrected chi connectivity index (χ0v) is 14.1. The molecule has 132 valence electrons. The first-order valence-electron chi connectivity index (χ1n) is 7.31. The molecule has 0 saturated heterocycles. The number of ether oxygens (including phenoxy) is 1. The summed E-state index contributed by atoms with van der Waals surface area (Å²) in [4.78, 5) is 23.2. The van der Waals surface area contributed by atoms with E-state index in [9.17, 15) is 23.1 Å². The Morgan fingerprint density at radius 3 is 2.24 bits per heavy atom. The van der Waals surface area contributed by atoms with Crippen molar-refractivity contribution < 1.29 is 32.4 Å². The van der Waals surface area contributed by atoms with Crippen molar-refractivity contribution in [3.63, 3.8) is 0 Å². The predicted octanol–water partition coefficient (Wildman–Crippen LogP) is 2.33. The van der Waals surface area contributed by atoms with Gasteiger partial charge in [0.25, 0.3) is 10.1 Å². The Morgan fingerprint density at radius 1 is 1.08 bits per heavy atom. The molecule has 0 spiro atoms. The van der Waals surface area contributed by atoms with Gasteiger partial charge in [-0.05, 0) is 42.3 Å². The number of aliphatic carboxylic acids is 1. The molecule has 1 atom stereocenters. The van der Waals surface area contributed by atoms with Crippen LogP contribution in [0.3, 0.4) is 0 Å². The summed E-state index contributed by atoms with van der Waals surface area (Å²) in [5.74, 6) is -3.02. The second kappa shape index (κ2) is 7.45. The van der Waals surface area contributed by atoms with E-state index in [0.717, 1.165) is 12.1 Å². The van der Waals surface area contributed by atoms with Gasteiger partial charge in [0.1, 0.15) is 5.92 Å². The summed E-state index contributed by atoms with van der Waals surface area (Å²) in [7, 11) is -4.46. The average Bonchev–Trinajstić information content (AvgIpc) is 2.55. The van der Waals surface area contributed by atoms with Crippen LogP contribution in [-0.4, -0.2) is 36.6 Å². The van der Waals surface area contributed by atoms with E-state index < -0.39 is 32.9 Å². The van der Waals surface area contributed by atoms with E-state index in [1.54, 1.807) is 6.92 Å². The van der Waals surface area contributed by atoms with E-state index in [0.29, 0.717) is 0 Å². The van der Waals surface area contributed by atoms with Crippen LogP contribution in [0.5, 0.6) is 0 Å². The Balaban J connectivity index is 2.52. The maximum Gasteiger partial charge on any atom is 0.338 e. The second-order valence-electron chi connectivity index (χ2n) is 5.16. The summed E-state index contributed by atoms with van der Waals surface area (Å²) in [5.41, 5.74) is 0.630. The zero-order valence-electron chi connectivity index (χ0n) is 13.2. The van der Waals surface area contributed by atoms with Gasteiger partial charge in [-0.1, -0.05) is 24.3 Å². The molecule has 2 aromatic rings. The Bertz CT molecular complexity index is 903. The second-order valence-corrected chi connectivity index (χ2v) is 6.59. The van der Waals surface area contributed by atoms with Crippen molar-refractivity contribution in [2.45, 2.75) is 17.7 Å². The Labute approximate surface area is 144 Å². The van der Waals surface area contributed by atoms with Crippen LogP contribution in [0.4, 0.5) is 0 Å². The van der Waals surface area contributed by atoms with E-state index >= 15 is 0 Å². The summed E-state index contributed by atoms with van der Waals surface area (Å²) >= 11 is 0. The number of carboxylic acids is 1. The van der Waals surface area contributed by atoms with E-state index in [1.165, 1.54) is 36.4 Å². The minimum atomic E-state index is -4.46. The molecular weight excluding hydrogens is 348 g/mol. The van der Waals surface area contributed by atoms with Crippen molar-refractivity contribution in [3.05, 3.63) is 65.2 Å². The third kappa shape index (κ3) is 4.43. The summed E-state index contributed by atoms with van der Waals surface area (Å²) in [6.45, 7) is 1.84. The molecule has 1 unspecified atom stereocenters. The van der Waals surface area contributed by atoms with Crippen molar-refractivity contribution in [1.82, 2.24) is 0 Å². The Kier molecular flexibility index (Phi) is 5.55. The fourth-order valence-corrected chi connectivity index (χ4v) is 2.93. The SMILES string of the molecule is CCOC(=O)c1cccc(C(C(=O)O)c2cccc(S(=O)(=O)O)c2)c1. The highest BCUT2D eigenvalue weighted by molar-refractivity contribution is 7.85. The maximum absolute atomic E-state index is 11.8. The number of carbonyl (C=O) groups excluding carboxylic acids is 1. The van der Waals surface area contributed by atoms with Crippen molar-refractivity contribution in [2.75, 3.05) is 6.61 Å². The molecule has 0 radical (unpaired) electrons. The lowest BCUT2D eigenvalue weighted by Crippen LogP contribution is -2.15. The lowest BCUT2D eigenvalue weighted by molar-refractivity contribution is -0.137. The van der Waals surface area contributed by atoms with Crippen LogP contribution >= 0.6 is 0 Å². The van der Waals surface area contributed by atoms with E-state index in [4.69, 9.17) is 9.29 Å². The molecule has 0 saturated carbocycles. The number of rotatable bonds is 6. The third-order valence-corrected chi connectivity index (χ3v) is 4.32. The molecule has 2 aromatic carbocycles. The molecule has 0 aliphatic carbocycles. The molecule has 0 aliphatic heterocycles. The number of hydrogen-bond donors (Lipinski definition) is 2. The van der Waals surface area contributed by atoms with Gasteiger partial charge in [0, 0.05) is 0 Å². The van der Waals surface area contributed by atoms with Gasteiger partial charge in [-0.15, -0.1) is 0 Å². The summed E-state index contributed by atoms with van der Waals surface area (Å²) in [6.07, 6.45) is 0. The standard InChI is InChI=1S/C17H16O7S/c1-2-24-17(20)13-7-3-5-11(9-13)15(16(18)19)12-6-4-8-14(10-12)25(21,22)23/h3-10,15H,2H2,1H3,(H,18,19)(H,21,22,23). The van der Waals surface area contributed by atoms with E-state index in [2.05, 4.69) is 0 Å². The van der Waals surface area contributed by atoms with Gasteiger partial charge in [-0.25, -0.2) is 4.79 Å². The van der Waals surface area contributed by atoms with Crippen LogP contribution in [0, 0.1) is 0 Å². The smallest absolute Gasteiger partial charge is 0.338 e. The molecule has 0 fully saturated rings. The Hall–Kier alpha value is -2.71. The number of esters is 1. The number of hydrogen-bond acceptors (Lipinski definition) is 5. The van der Waals surface area contributed by atoms with Crippen molar-refractivity contribution in [2.24, 2.45) is 0 Å².